The van der Waals surface area contributed by atoms with Gasteiger partial charge in [-0.15, -0.1) is 59.4 Å². The second kappa shape index (κ2) is 16.3. The Morgan fingerprint density at radius 3 is 1.21 bits per heavy atom. The summed E-state index contributed by atoms with van der Waals surface area (Å²) in [6.45, 7) is 4.24. The second-order valence-electron chi connectivity index (χ2n) is 2.16. The summed E-state index contributed by atoms with van der Waals surface area (Å²) in [5.41, 5.74) is 2.74. The van der Waals surface area contributed by atoms with E-state index in [0.29, 0.717) is 0 Å². The van der Waals surface area contributed by atoms with Gasteiger partial charge in [0.1, 0.15) is 0 Å². The van der Waals surface area contributed by atoms with E-state index < -0.39 is 0 Å². The van der Waals surface area contributed by atoms with E-state index in [1.54, 1.807) is 0 Å². The first-order valence-electron chi connectivity index (χ1n) is 3.21. The maximum atomic E-state index is 4.79. The SMILES string of the molecule is Cc1ccccc1C.Cl.Cl.Cl.Cl[Si]Cl. The van der Waals surface area contributed by atoms with Gasteiger partial charge in [-0.25, -0.2) is 0 Å². The Hall–Kier alpha value is 0.887. The molecule has 14 heavy (non-hydrogen) atoms. The molecule has 0 aliphatic heterocycles. The van der Waals surface area contributed by atoms with Crippen LogP contribution in [0.1, 0.15) is 11.1 Å². The van der Waals surface area contributed by atoms with E-state index in [0.717, 1.165) is 0 Å². The lowest BCUT2D eigenvalue weighted by Crippen LogP contribution is -1.74. The molecule has 0 aromatic heterocycles. The van der Waals surface area contributed by atoms with Gasteiger partial charge in [0, 0.05) is 0 Å². The quantitative estimate of drug-likeness (QED) is 0.486. The lowest BCUT2D eigenvalue weighted by atomic mass is 10.1. The Morgan fingerprint density at radius 1 is 0.857 bits per heavy atom. The van der Waals surface area contributed by atoms with Crippen molar-refractivity contribution in [2.45, 2.75) is 13.8 Å². The molecule has 0 bridgehead atoms. The van der Waals surface area contributed by atoms with Crippen LogP contribution in [0.15, 0.2) is 24.3 Å². The van der Waals surface area contributed by atoms with Gasteiger partial charge in [0.05, 0.1) is 0 Å². The van der Waals surface area contributed by atoms with Crippen molar-refractivity contribution in [1.82, 2.24) is 0 Å². The van der Waals surface area contributed by atoms with Crippen molar-refractivity contribution in [3.63, 3.8) is 0 Å². The summed E-state index contributed by atoms with van der Waals surface area (Å²) in [6.07, 6.45) is 0. The molecule has 0 saturated heterocycles. The van der Waals surface area contributed by atoms with E-state index in [2.05, 4.69) is 38.1 Å². The lowest BCUT2D eigenvalue weighted by Gasteiger charge is -1.93. The number of aryl methyl sites for hydroxylation is 2. The van der Waals surface area contributed by atoms with Gasteiger partial charge in [0.15, 0.2) is 0 Å². The molecule has 0 nitrogen and oxygen atoms in total. The Balaban J connectivity index is -0.0000000758. The summed E-state index contributed by atoms with van der Waals surface area (Å²) in [7, 11) is 0.0278. The van der Waals surface area contributed by atoms with E-state index in [9.17, 15) is 0 Å². The Labute approximate surface area is 116 Å². The highest BCUT2D eigenvalue weighted by atomic mass is 35.7. The molecule has 0 heterocycles. The zero-order valence-electron chi connectivity index (χ0n) is 7.79. The van der Waals surface area contributed by atoms with Crippen LogP contribution in [0.3, 0.4) is 0 Å². The van der Waals surface area contributed by atoms with Gasteiger partial charge in [-0.05, 0) is 25.0 Å². The van der Waals surface area contributed by atoms with Gasteiger partial charge in [0.2, 0.25) is 0 Å². The van der Waals surface area contributed by atoms with Gasteiger partial charge in [-0.2, -0.15) is 0 Å². The van der Waals surface area contributed by atoms with Crippen molar-refractivity contribution in [2.24, 2.45) is 0 Å². The Bertz CT molecular complexity index is 186. The van der Waals surface area contributed by atoms with Gasteiger partial charge in [0.25, 0.3) is 8.14 Å². The zero-order chi connectivity index (χ0) is 8.69. The van der Waals surface area contributed by atoms with E-state index in [-0.39, 0.29) is 45.4 Å². The number of hydrogen-bond acceptors (Lipinski definition) is 0. The fourth-order valence-corrected chi connectivity index (χ4v) is 0.663. The van der Waals surface area contributed by atoms with Crippen LogP contribution < -0.4 is 0 Å². The monoisotopic (exact) mass is 312 g/mol. The Kier molecular flexibility index (Phi) is 28.2. The molecule has 0 N–H and O–H groups in total. The molecule has 0 spiro atoms. The van der Waals surface area contributed by atoms with Crippen LogP contribution in [0.5, 0.6) is 0 Å². The summed E-state index contributed by atoms with van der Waals surface area (Å²) >= 11 is 9.58. The van der Waals surface area contributed by atoms with E-state index >= 15 is 0 Å². The summed E-state index contributed by atoms with van der Waals surface area (Å²) in [5.74, 6) is 0. The minimum atomic E-state index is 0. The van der Waals surface area contributed by atoms with Crippen molar-refractivity contribution in [3.8, 4) is 0 Å². The maximum Gasteiger partial charge on any atom is 0.295 e. The first-order valence-corrected chi connectivity index (χ1v) is 6.23. The molecular weight excluding hydrogens is 301 g/mol. The molecule has 1 rings (SSSR count). The predicted molar refractivity (Wildman–Crippen MR) is 75.1 cm³/mol. The van der Waals surface area contributed by atoms with Gasteiger partial charge in [-0.1, -0.05) is 24.3 Å². The molecule has 1 aromatic carbocycles. The third-order valence-electron chi connectivity index (χ3n) is 1.43. The van der Waals surface area contributed by atoms with Gasteiger partial charge >= 0.3 is 0 Å². The topological polar surface area (TPSA) is 0 Å². The number of rotatable bonds is 0. The third kappa shape index (κ3) is 12.9. The lowest BCUT2D eigenvalue weighted by molar-refractivity contribution is 1.34. The minimum absolute atomic E-state index is 0. The normalized spacial score (nSPS) is 6.57. The van der Waals surface area contributed by atoms with Crippen LogP contribution in [0.4, 0.5) is 0 Å². The van der Waals surface area contributed by atoms with Crippen LogP contribution in [-0.2, 0) is 0 Å². The van der Waals surface area contributed by atoms with E-state index in [1.165, 1.54) is 11.1 Å². The number of benzene rings is 1. The van der Waals surface area contributed by atoms with Crippen LogP contribution in [0, 0.1) is 13.8 Å². The molecule has 0 fully saturated rings. The number of hydrogen-bond donors (Lipinski definition) is 0. The molecule has 0 atom stereocenters. The van der Waals surface area contributed by atoms with Crippen molar-refractivity contribution >= 4 is 67.5 Å². The average Bonchev–Trinajstić information content (AvgIpc) is 1.97. The van der Waals surface area contributed by atoms with Gasteiger partial charge < -0.3 is 0 Å². The molecule has 0 amide bonds. The first kappa shape index (κ1) is 24.2. The van der Waals surface area contributed by atoms with Crippen LogP contribution in [0.2, 0.25) is 0 Å². The van der Waals surface area contributed by atoms with Crippen LogP contribution in [-0.4, -0.2) is 8.14 Å². The summed E-state index contributed by atoms with van der Waals surface area (Å²) in [5, 5.41) is 0. The fourth-order valence-electron chi connectivity index (χ4n) is 0.663. The zero-order valence-corrected chi connectivity index (χ0v) is 12.8. The van der Waals surface area contributed by atoms with Crippen molar-refractivity contribution in [2.75, 3.05) is 0 Å². The van der Waals surface area contributed by atoms with Crippen LogP contribution in [0.25, 0.3) is 0 Å². The summed E-state index contributed by atoms with van der Waals surface area (Å²) < 4.78 is 0. The second-order valence-corrected chi connectivity index (χ2v) is 4.01. The van der Waals surface area contributed by atoms with Crippen molar-refractivity contribution in [3.05, 3.63) is 35.4 Å². The van der Waals surface area contributed by atoms with Crippen molar-refractivity contribution < 1.29 is 0 Å². The molecular formula is C8H13Cl5Si. The highest BCUT2D eigenvalue weighted by Crippen LogP contribution is 2.02. The summed E-state index contributed by atoms with van der Waals surface area (Å²) in [4.78, 5) is 0. The van der Waals surface area contributed by atoms with E-state index in [4.69, 9.17) is 22.2 Å². The predicted octanol–water partition coefficient (Wildman–Crippen LogP) is 4.57. The Morgan fingerprint density at radius 2 is 1.07 bits per heavy atom. The largest absolute Gasteiger partial charge is 0.295 e. The number of halogens is 5. The minimum Gasteiger partial charge on any atom is -0.148 e. The highest BCUT2D eigenvalue weighted by molar-refractivity contribution is 7.22. The molecule has 1 aromatic rings. The molecule has 0 aliphatic rings. The molecule has 6 heteroatoms. The van der Waals surface area contributed by atoms with Crippen LogP contribution >= 0.6 is 59.4 Å². The third-order valence-corrected chi connectivity index (χ3v) is 1.43. The standard InChI is InChI=1S/C8H10.Cl2Si.3ClH/c1-7-5-3-4-6-8(7)2;1-3-2;;;/h3-6H,1-2H3;;3*1H. The smallest absolute Gasteiger partial charge is 0.148 e. The highest BCUT2D eigenvalue weighted by Gasteiger charge is 1.83. The summed E-state index contributed by atoms with van der Waals surface area (Å²) in [6, 6.07) is 8.36. The first-order chi connectivity index (χ1) is 5.22. The molecule has 0 unspecified atom stereocenters. The fraction of sp³-hybridized carbons (Fsp3) is 0.250. The average molecular weight is 315 g/mol. The molecule has 0 saturated carbocycles. The molecule has 84 valence electrons. The molecule has 2 radical (unpaired) electrons. The van der Waals surface area contributed by atoms with E-state index in [1.807, 2.05) is 0 Å². The van der Waals surface area contributed by atoms with Crippen molar-refractivity contribution in [1.29, 1.82) is 0 Å². The van der Waals surface area contributed by atoms with Gasteiger partial charge in [-0.3, -0.25) is 0 Å². The maximum absolute atomic E-state index is 4.79. The molecule has 0 aliphatic carbocycles.